The lowest BCUT2D eigenvalue weighted by Gasteiger charge is -2.08. The van der Waals surface area contributed by atoms with Crippen molar-refractivity contribution in [3.63, 3.8) is 0 Å². The van der Waals surface area contributed by atoms with E-state index >= 15 is 0 Å². The normalized spacial score (nSPS) is 10.3. The van der Waals surface area contributed by atoms with Gasteiger partial charge >= 0.3 is 0 Å². The Hall–Kier alpha value is -2.37. The van der Waals surface area contributed by atoms with Crippen LogP contribution < -0.4 is 15.2 Å². The molecule has 0 amide bonds. The topological polar surface area (TPSA) is 57.4 Å². The van der Waals surface area contributed by atoms with Crippen molar-refractivity contribution in [1.29, 1.82) is 0 Å². The second-order valence-electron chi connectivity index (χ2n) is 3.78. The molecular weight excluding hydrogens is 254 g/mol. The van der Waals surface area contributed by atoms with Gasteiger partial charge < -0.3 is 15.2 Å². The summed E-state index contributed by atoms with van der Waals surface area (Å²) < 4.78 is 36.5. The second kappa shape index (κ2) is 5.51. The number of ether oxygens (including phenoxy) is 2. The van der Waals surface area contributed by atoms with E-state index < -0.39 is 17.5 Å². The molecule has 1 aromatic heterocycles. The summed E-state index contributed by atoms with van der Waals surface area (Å²) in [6, 6.07) is 7.72. The molecule has 0 aliphatic heterocycles. The van der Waals surface area contributed by atoms with E-state index in [0.717, 1.165) is 5.56 Å². The minimum absolute atomic E-state index is 0.0756. The van der Waals surface area contributed by atoms with Gasteiger partial charge in [0.2, 0.25) is 0 Å². The summed E-state index contributed by atoms with van der Waals surface area (Å²) in [5, 5.41) is 0. The molecule has 0 fully saturated rings. The van der Waals surface area contributed by atoms with Crippen molar-refractivity contribution in [3.8, 4) is 11.6 Å². The van der Waals surface area contributed by atoms with Gasteiger partial charge in [0.15, 0.2) is 17.5 Å². The second-order valence-corrected chi connectivity index (χ2v) is 3.78. The maximum atomic E-state index is 13.4. The molecule has 1 aromatic carbocycles. The number of pyridine rings is 1. The maximum absolute atomic E-state index is 13.4. The van der Waals surface area contributed by atoms with E-state index in [9.17, 15) is 8.78 Å². The Kier molecular flexibility index (Phi) is 3.79. The Morgan fingerprint density at radius 3 is 2.74 bits per heavy atom. The molecule has 19 heavy (non-hydrogen) atoms. The summed E-state index contributed by atoms with van der Waals surface area (Å²) >= 11 is 0. The number of rotatable bonds is 4. The summed E-state index contributed by atoms with van der Waals surface area (Å²) in [5.74, 6) is -1.88. The molecule has 0 saturated carbocycles. The zero-order valence-electron chi connectivity index (χ0n) is 10.2. The molecule has 0 bridgehead atoms. The first-order valence-electron chi connectivity index (χ1n) is 5.47. The van der Waals surface area contributed by atoms with Crippen LogP contribution >= 0.6 is 0 Å². The molecule has 0 unspecified atom stereocenters. The fraction of sp³-hybridized carbons (Fsp3) is 0.154. The van der Waals surface area contributed by atoms with Crippen molar-refractivity contribution < 1.29 is 18.3 Å². The van der Waals surface area contributed by atoms with Crippen LogP contribution in [0, 0.1) is 11.6 Å². The van der Waals surface area contributed by atoms with Crippen LogP contribution in [0.2, 0.25) is 0 Å². The molecule has 0 radical (unpaired) electrons. The predicted molar refractivity (Wildman–Crippen MR) is 65.9 cm³/mol. The Labute approximate surface area is 108 Å². The third-order valence-corrected chi connectivity index (χ3v) is 2.43. The summed E-state index contributed by atoms with van der Waals surface area (Å²) in [4.78, 5) is 3.50. The highest BCUT2D eigenvalue weighted by atomic mass is 19.1. The van der Waals surface area contributed by atoms with Crippen LogP contribution in [0.1, 0.15) is 5.56 Å². The first-order chi connectivity index (χ1) is 9.10. The van der Waals surface area contributed by atoms with Crippen LogP contribution in [-0.2, 0) is 6.61 Å². The first-order valence-corrected chi connectivity index (χ1v) is 5.47. The number of hydrogen-bond acceptors (Lipinski definition) is 4. The van der Waals surface area contributed by atoms with E-state index in [4.69, 9.17) is 15.2 Å². The van der Waals surface area contributed by atoms with Gasteiger partial charge in [-0.05, 0) is 17.7 Å². The van der Waals surface area contributed by atoms with Crippen molar-refractivity contribution in [2.45, 2.75) is 6.61 Å². The van der Waals surface area contributed by atoms with Gasteiger partial charge in [0.1, 0.15) is 12.4 Å². The van der Waals surface area contributed by atoms with Crippen LogP contribution in [0.5, 0.6) is 11.6 Å². The quantitative estimate of drug-likeness (QED) is 0.923. The SMILES string of the molecule is COc1cccc(COc2nc(N)c(F)cc2F)c1. The van der Waals surface area contributed by atoms with E-state index in [1.807, 2.05) is 0 Å². The Morgan fingerprint density at radius 1 is 1.21 bits per heavy atom. The van der Waals surface area contributed by atoms with Crippen LogP contribution in [0.15, 0.2) is 30.3 Å². The summed E-state index contributed by atoms with van der Waals surface area (Å²) in [6.45, 7) is 0.0756. The molecule has 2 aromatic rings. The molecule has 100 valence electrons. The number of aromatic nitrogens is 1. The molecule has 0 aliphatic rings. The average Bonchev–Trinajstić information content (AvgIpc) is 2.41. The third-order valence-electron chi connectivity index (χ3n) is 2.43. The number of halogens is 2. The third kappa shape index (κ3) is 3.09. The van der Waals surface area contributed by atoms with Gasteiger partial charge in [-0.25, -0.2) is 8.78 Å². The van der Waals surface area contributed by atoms with Crippen LogP contribution in [-0.4, -0.2) is 12.1 Å². The molecule has 2 N–H and O–H groups in total. The summed E-state index contributed by atoms with van der Waals surface area (Å²) in [6.07, 6.45) is 0. The molecule has 4 nitrogen and oxygen atoms in total. The molecular formula is C13H12F2N2O2. The Bertz CT molecular complexity index is 591. The van der Waals surface area contributed by atoms with Gasteiger partial charge in [-0.15, -0.1) is 0 Å². The highest BCUT2D eigenvalue weighted by Crippen LogP contribution is 2.20. The fourth-order valence-corrected chi connectivity index (χ4v) is 1.48. The maximum Gasteiger partial charge on any atom is 0.252 e. The number of nitrogens with zero attached hydrogens (tertiary/aromatic N) is 1. The molecule has 2 rings (SSSR count). The molecule has 0 saturated heterocycles. The molecule has 6 heteroatoms. The van der Waals surface area contributed by atoms with Crippen LogP contribution in [0.3, 0.4) is 0 Å². The highest BCUT2D eigenvalue weighted by Gasteiger charge is 2.11. The molecule has 1 heterocycles. The minimum atomic E-state index is -0.911. The standard InChI is InChI=1S/C13H12F2N2O2/c1-18-9-4-2-3-8(5-9)7-19-13-11(15)6-10(14)12(16)17-13/h2-6H,7H2,1H3,(H2,16,17). The fourth-order valence-electron chi connectivity index (χ4n) is 1.48. The number of benzene rings is 1. The van der Waals surface area contributed by atoms with E-state index in [2.05, 4.69) is 4.98 Å². The summed E-state index contributed by atoms with van der Waals surface area (Å²) in [5.41, 5.74) is 6.02. The van der Waals surface area contributed by atoms with Crippen molar-refractivity contribution >= 4 is 5.82 Å². The van der Waals surface area contributed by atoms with Crippen molar-refractivity contribution in [1.82, 2.24) is 4.98 Å². The lowest BCUT2D eigenvalue weighted by Crippen LogP contribution is -2.04. The smallest absolute Gasteiger partial charge is 0.252 e. The van der Waals surface area contributed by atoms with Crippen LogP contribution in [0.4, 0.5) is 14.6 Å². The van der Waals surface area contributed by atoms with E-state index in [1.54, 1.807) is 31.4 Å². The number of hydrogen-bond donors (Lipinski definition) is 1. The van der Waals surface area contributed by atoms with E-state index in [0.29, 0.717) is 11.8 Å². The minimum Gasteiger partial charge on any atom is -0.497 e. The number of anilines is 1. The molecule has 0 atom stereocenters. The number of methoxy groups -OCH3 is 1. The van der Waals surface area contributed by atoms with E-state index in [-0.39, 0.29) is 12.5 Å². The zero-order valence-corrected chi connectivity index (χ0v) is 10.2. The predicted octanol–water partition coefficient (Wildman–Crippen LogP) is 2.53. The van der Waals surface area contributed by atoms with Gasteiger partial charge in [0, 0.05) is 6.07 Å². The zero-order chi connectivity index (χ0) is 13.8. The van der Waals surface area contributed by atoms with E-state index in [1.165, 1.54) is 0 Å². The lowest BCUT2D eigenvalue weighted by atomic mass is 10.2. The van der Waals surface area contributed by atoms with Crippen molar-refractivity contribution in [2.24, 2.45) is 0 Å². The van der Waals surface area contributed by atoms with Crippen LogP contribution in [0.25, 0.3) is 0 Å². The molecule has 0 aliphatic carbocycles. The highest BCUT2D eigenvalue weighted by molar-refractivity contribution is 5.35. The number of nitrogens with two attached hydrogens (primary N) is 1. The van der Waals surface area contributed by atoms with Gasteiger partial charge in [0.05, 0.1) is 7.11 Å². The van der Waals surface area contributed by atoms with Crippen molar-refractivity contribution in [2.75, 3.05) is 12.8 Å². The largest absolute Gasteiger partial charge is 0.497 e. The Balaban J connectivity index is 2.12. The molecule has 0 spiro atoms. The first kappa shape index (κ1) is 13.1. The van der Waals surface area contributed by atoms with Gasteiger partial charge in [-0.3, -0.25) is 0 Å². The van der Waals surface area contributed by atoms with Gasteiger partial charge in [-0.2, -0.15) is 4.98 Å². The van der Waals surface area contributed by atoms with Gasteiger partial charge in [-0.1, -0.05) is 12.1 Å². The lowest BCUT2D eigenvalue weighted by molar-refractivity contribution is 0.276. The Morgan fingerprint density at radius 2 is 2.00 bits per heavy atom. The van der Waals surface area contributed by atoms with Gasteiger partial charge in [0.25, 0.3) is 5.88 Å². The van der Waals surface area contributed by atoms with Crippen molar-refractivity contribution in [3.05, 3.63) is 47.5 Å². The average molecular weight is 266 g/mol. The summed E-state index contributed by atoms with van der Waals surface area (Å²) in [7, 11) is 1.54. The number of nitrogen functional groups attached to an aromatic ring is 1. The monoisotopic (exact) mass is 266 g/mol.